The molecule has 0 unspecified atom stereocenters. The minimum Gasteiger partial charge on any atom is -0.496 e. The van der Waals surface area contributed by atoms with Gasteiger partial charge in [0, 0.05) is 124 Å². The number of ether oxygens (including phenoxy) is 1. The van der Waals surface area contributed by atoms with Crippen LogP contribution in [-0.2, 0) is 26.3 Å². The van der Waals surface area contributed by atoms with E-state index in [2.05, 4.69) is 42.1 Å². The van der Waals surface area contributed by atoms with Crippen molar-refractivity contribution in [3.63, 3.8) is 0 Å². The third kappa shape index (κ3) is 8.14. The standard InChI is InChI=1S/C49H50F3N9O7S/c1-68-40-18-34(16-31-22-61(48(65)42(31)40)39-8-9-41(62)55-47(39)64)58-13-10-28(11-14-58)21-57-24-49(25-57)26-59(27-49)33-4-2-29(3-5-33)30-17-35-36(20-54-46(35)53-19-30)45(63)43-37(51)6-7-38(44(43)52)56-69(66,67)60-15-12-32(50)23-60/h2-7,16-20,28,32,39,56H,8-15,21-27H2,1H3,(H,53,54)(H,55,62,64)/t32-,39-/m1/s1. The largest absolute Gasteiger partial charge is 0.496 e. The van der Waals surface area contributed by atoms with Gasteiger partial charge in [-0.25, -0.2) is 18.2 Å². The number of halogens is 3. The van der Waals surface area contributed by atoms with Gasteiger partial charge in [0.25, 0.3) is 5.91 Å². The fourth-order valence-electron chi connectivity index (χ4n) is 11.2. The Labute approximate surface area is 395 Å². The van der Waals surface area contributed by atoms with E-state index >= 15 is 8.78 Å². The number of nitrogens with zero attached hydrogens (tertiary/aromatic N) is 6. The minimum absolute atomic E-state index is 0.00307. The normalized spacial score (nSPS) is 22.0. The van der Waals surface area contributed by atoms with Crippen LogP contribution in [-0.4, -0.2) is 134 Å². The molecule has 0 radical (unpaired) electrons. The molecular formula is C49H50F3N9O7S. The van der Waals surface area contributed by atoms with E-state index in [-0.39, 0.29) is 48.7 Å². The molecule has 6 aliphatic heterocycles. The third-order valence-electron chi connectivity index (χ3n) is 14.8. The maximum atomic E-state index is 15.8. The van der Waals surface area contributed by atoms with Gasteiger partial charge in [-0.1, -0.05) is 12.1 Å². The Bertz CT molecular complexity index is 3040. The summed E-state index contributed by atoms with van der Waals surface area (Å²) in [5.41, 5.74) is 3.92. The number of piperidine rings is 2. The highest BCUT2D eigenvalue weighted by Crippen LogP contribution is 2.44. The topological polar surface area (TPSA) is 181 Å². The Hall–Kier alpha value is -6.51. The summed E-state index contributed by atoms with van der Waals surface area (Å²) in [7, 11) is -2.80. The van der Waals surface area contributed by atoms with Crippen molar-refractivity contribution in [3.8, 4) is 16.9 Å². The van der Waals surface area contributed by atoms with Crippen LogP contribution in [0.1, 0.15) is 63.9 Å². The zero-order chi connectivity index (χ0) is 47.9. The summed E-state index contributed by atoms with van der Waals surface area (Å²) in [5, 5.41) is 2.70. The highest BCUT2D eigenvalue weighted by atomic mass is 32.2. The van der Waals surface area contributed by atoms with Crippen LogP contribution in [0.4, 0.5) is 30.2 Å². The fourth-order valence-corrected chi connectivity index (χ4v) is 12.5. The number of pyridine rings is 1. The molecule has 0 saturated carbocycles. The summed E-state index contributed by atoms with van der Waals surface area (Å²) in [4.78, 5) is 67.7. The summed E-state index contributed by atoms with van der Waals surface area (Å²) >= 11 is 0. The van der Waals surface area contributed by atoms with Crippen molar-refractivity contribution in [2.24, 2.45) is 11.3 Å². The van der Waals surface area contributed by atoms with E-state index in [1.54, 1.807) is 24.3 Å². The Morgan fingerprint density at radius 3 is 2.39 bits per heavy atom. The lowest BCUT2D eigenvalue weighted by molar-refractivity contribution is -0.136. The number of imide groups is 1. The van der Waals surface area contributed by atoms with E-state index < -0.39 is 57.0 Å². The molecule has 8 heterocycles. The van der Waals surface area contributed by atoms with E-state index in [0.29, 0.717) is 46.8 Å². The number of hydrogen-bond donors (Lipinski definition) is 3. The van der Waals surface area contributed by atoms with Gasteiger partial charge in [0.05, 0.1) is 23.9 Å². The van der Waals surface area contributed by atoms with Crippen molar-refractivity contribution in [1.82, 2.24) is 29.4 Å². The molecule has 3 aromatic carbocycles. The van der Waals surface area contributed by atoms with Gasteiger partial charge in [-0.05, 0) is 79.1 Å². The van der Waals surface area contributed by atoms with Crippen LogP contribution in [0.3, 0.4) is 0 Å². The first-order chi connectivity index (χ1) is 33.2. The number of methoxy groups -OCH3 is 1. The SMILES string of the molecule is COc1cc(N2CCC(CN3CC4(C3)CN(c3ccc(-c5cnc6[nH]cc(C(=O)c7c(F)ccc(NS(=O)(=O)N8CC[C@@H](F)C8)c7F)c6c5)cc3)C4)CC2)cc2c1C(=O)N([C@@H]1CCC(=O)NC1=O)C2. The van der Waals surface area contributed by atoms with Gasteiger partial charge < -0.3 is 29.3 Å². The average molecular weight is 966 g/mol. The van der Waals surface area contributed by atoms with Crippen LogP contribution in [0, 0.1) is 23.0 Å². The van der Waals surface area contributed by atoms with Crippen LogP contribution >= 0.6 is 0 Å². The second kappa shape index (κ2) is 17.2. The molecule has 2 aromatic heterocycles. The van der Waals surface area contributed by atoms with Crippen molar-refractivity contribution < 1.29 is 45.5 Å². The van der Waals surface area contributed by atoms with Crippen molar-refractivity contribution in [2.45, 2.75) is 50.9 Å². The van der Waals surface area contributed by atoms with Crippen molar-refractivity contribution in [3.05, 3.63) is 101 Å². The maximum absolute atomic E-state index is 15.8. The summed E-state index contributed by atoms with van der Waals surface area (Å²) in [6.07, 6.45) is 4.23. The van der Waals surface area contributed by atoms with Gasteiger partial charge in [-0.2, -0.15) is 12.7 Å². The second-order valence-electron chi connectivity index (χ2n) is 19.4. The molecule has 2 atom stereocenters. The zero-order valence-electron chi connectivity index (χ0n) is 37.8. The number of aromatic amines is 1. The van der Waals surface area contributed by atoms with E-state index in [4.69, 9.17) is 4.74 Å². The van der Waals surface area contributed by atoms with Gasteiger partial charge in [0.1, 0.15) is 29.4 Å². The van der Waals surface area contributed by atoms with Gasteiger partial charge in [0.15, 0.2) is 5.82 Å². The molecule has 5 fully saturated rings. The molecule has 0 aliphatic carbocycles. The number of alkyl halides is 1. The number of amides is 3. The second-order valence-corrected chi connectivity index (χ2v) is 21.0. The Morgan fingerprint density at radius 2 is 1.68 bits per heavy atom. The Kier molecular flexibility index (Phi) is 11.2. The summed E-state index contributed by atoms with van der Waals surface area (Å²) in [6, 6.07) is 14.8. The lowest BCUT2D eigenvalue weighted by Gasteiger charge is -2.61. The number of fused-ring (bicyclic) bond motifs is 2. The lowest BCUT2D eigenvalue weighted by Crippen LogP contribution is -2.72. The van der Waals surface area contributed by atoms with Crippen molar-refractivity contribution in [2.75, 3.05) is 80.5 Å². The number of aromatic nitrogens is 2. The highest BCUT2D eigenvalue weighted by molar-refractivity contribution is 7.90. The molecule has 16 nitrogen and oxygen atoms in total. The molecule has 20 heteroatoms. The van der Waals surface area contributed by atoms with Crippen LogP contribution in [0.2, 0.25) is 0 Å². The maximum Gasteiger partial charge on any atom is 0.301 e. The van der Waals surface area contributed by atoms with Crippen LogP contribution in [0.15, 0.2) is 67.0 Å². The molecule has 6 aliphatic rings. The summed E-state index contributed by atoms with van der Waals surface area (Å²) in [5.74, 6) is -3.47. The lowest BCUT2D eigenvalue weighted by atomic mass is 9.72. The van der Waals surface area contributed by atoms with Gasteiger partial charge in [-0.15, -0.1) is 0 Å². The number of anilines is 3. The molecule has 5 saturated heterocycles. The van der Waals surface area contributed by atoms with E-state index in [1.165, 1.54) is 6.20 Å². The number of rotatable bonds is 12. The molecule has 11 rings (SSSR count). The highest BCUT2D eigenvalue weighted by Gasteiger charge is 2.52. The van der Waals surface area contributed by atoms with Gasteiger partial charge in [-0.3, -0.25) is 29.2 Å². The number of benzene rings is 3. The van der Waals surface area contributed by atoms with Gasteiger partial charge in [0.2, 0.25) is 17.6 Å². The number of hydrogen-bond acceptors (Lipinski definition) is 11. The van der Waals surface area contributed by atoms with Gasteiger partial charge >= 0.3 is 10.2 Å². The number of H-pyrrole nitrogens is 1. The first kappa shape index (κ1) is 45.0. The van der Waals surface area contributed by atoms with Crippen LogP contribution < -0.4 is 24.6 Å². The number of carbonyl (C=O) groups excluding carboxylic acids is 4. The molecule has 5 aromatic rings. The molecular weight excluding hydrogens is 916 g/mol. The summed E-state index contributed by atoms with van der Waals surface area (Å²) < 4.78 is 78.9. The first-order valence-electron chi connectivity index (χ1n) is 23.3. The zero-order valence-corrected chi connectivity index (χ0v) is 38.6. The van der Waals surface area contributed by atoms with E-state index in [9.17, 15) is 32.0 Å². The number of nitrogens with one attached hydrogen (secondary N) is 3. The summed E-state index contributed by atoms with van der Waals surface area (Å²) in [6.45, 7) is 6.68. The molecule has 3 N–H and O–H groups in total. The van der Waals surface area contributed by atoms with E-state index in [0.717, 1.165) is 97.6 Å². The number of ketones is 1. The predicted molar refractivity (Wildman–Crippen MR) is 250 cm³/mol. The third-order valence-corrected chi connectivity index (χ3v) is 16.3. The molecule has 1 spiro atoms. The minimum atomic E-state index is -4.36. The molecule has 3 amide bonds. The quantitative estimate of drug-likeness (QED) is 0.110. The van der Waals surface area contributed by atoms with Crippen LogP contribution in [0.25, 0.3) is 22.2 Å². The fraction of sp³-hybridized carbons (Fsp3) is 0.408. The average Bonchev–Trinajstić information content (AvgIpc) is 4.04. The monoisotopic (exact) mass is 965 g/mol. The first-order valence-corrected chi connectivity index (χ1v) is 24.7. The number of likely N-dealkylation sites (tertiary alicyclic amines) is 1. The Morgan fingerprint density at radius 1 is 0.913 bits per heavy atom. The smallest absolute Gasteiger partial charge is 0.301 e. The molecule has 0 bridgehead atoms. The Balaban J connectivity index is 0.677. The van der Waals surface area contributed by atoms with Crippen molar-refractivity contribution in [1.29, 1.82) is 0 Å². The van der Waals surface area contributed by atoms with Crippen molar-refractivity contribution >= 4 is 61.8 Å². The van der Waals surface area contributed by atoms with Crippen LogP contribution in [0.5, 0.6) is 5.75 Å². The molecule has 360 valence electrons. The predicted octanol–water partition coefficient (Wildman–Crippen LogP) is 5.25. The van der Waals surface area contributed by atoms with E-state index in [1.807, 2.05) is 29.0 Å². The number of carbonyl (C=O) groups is 4. The molecule has 69 heavy (non-hydrogen) atoms.